The molecule has 0 saturated carbocycles. The molecule has 1 aromatic carbocycles. The summed E-state index contributed by atoms with van der Waals surface area (Å²) in [7, 11) is 4.10. The zero-order valence-electron chi connectivity index (χ0n) is 10.8. The van der Waals surface area contributed by atoms with E-state index >= 15 is 0 Å². The summed E-state index contributed by atoms with van der Waals surface area (Å²) in [6.07, 6.45) is 0. The Balaban J connectivity index is 2.50. The van der Waals surface area contributed by atoms with Crippen LogP contribution in [0.1, 0.15) is 18.1 Å². The van der Waals surface area contributed by atoms with Gasteiger partial charge in [-0.05, 0) is 39.2 Å². The molecule has 0 aliphatic heterocycles. The lowest BCUT2D eigenvalue weighted by Crippen LogP contribution is -2.19. The van der Waals surface area contributed by atoms with Gasteiger partial charge in [-0.3, -0.25) is 0 Å². The van der Waals surface area contributed by atoms with Crippen molar-refractivity contribution in [3.8, 4) is 0 Å². The zero-order chi connectivity index (χ0) is 13.3. The van der Waals surface area contributed by atoms with Crippen LogP contribution in [0, 0.1) is 0 Å². The maximum atomic E-state index is 6.20. The molecular weight excluding hydrogens is 269 g/mol. The molecule has 1 heterocycles. The Morgan fingerprint density at radius 2 is 2.11 bits per heavy atom. The van der Waals surface area contributed by atoms with Gasteiger partial charge < -0.3 is 9.47 Å². The highest BCUT2D eigenvalue weighted by Gasteiger charge is 2.15. The largest absolute Gasteiger partial charge is 0.325 e. The van der Waals surface area contributed by atoms with Crippen LogP contribution in [0.15, 0.2) is 18.2 Å². The number of aromatic nitrogens is 2. The molecule has 1 atom stereocenters. The fourth-order valence-corrected chi connectivity index (χ4v) is 2.29. The molecule has 2 rings (SSSR count). The molecule has 0 amide bonds. The molecule has 18 heavy (non-hydrogen) atoms. The highest BCUT2D eigenvalue weighted by Crippen LogP contribution is 2.26. The third-order valence-electron chi connectivity index (χ3n) is 2.87. The Kier molecular flexibility index (Phi) is 4.15. The lowest BCUT2D eigenvalue weighted by molar-refractivity contribution is 0.383. The van der Waals surface area contributed by atoms with Gasteiger partial charge in [-0.1, -0.05) is 11.6 Å². The van der Waals surface area contributed by atoms with E-state index in [0.717, 1.165) is 35.0 Å². The number of nitrogens with zero attached hydrogens (tertiary/aromatic N) is 3. The van der Waals surface area contributed by atoms with Gasteiger partial charge in [0.25, 0.3) is 0 Å². The highest BCUT2D eigenvalue weighted by atomic mass is 35.5. The predicted molar refractivity (Wildman–Crippen MR) is 77.6 cm³/mol. The highest BCUT2D eigenvalue weighted by molar-refractivity contribution is 6.31. The predicted octanol–water partition coefficient (Wildman–Crippen LogP) is 3.55. The lowest BCUT2D eigenvalue weighted by Gasteiger charge is -2.14. The first-order valence-electron chi connectivity index (χ1n) is 5.93. The number of likely N-dealkylation sites (N-methyl/N-ethyl adjacent to an activating group) is 1. The summed E-state index contributed by atoms with van der Waals surface area (Å²) in [5, 5.41) is 0.612. The normalized spacial score (nSPS) is 13.4. The number of alkyl halides is 1. The summed E-state index contributed by atoms with van der Waals surface area (Å²) in [6.45, 7) is 3.74. The number of imidazole rings is 1. The van der Waals surface area contributed by atoms with Gasteiger partial charge in [0.2, 0.25) is 0 Å². The van der Waals surface area contributed by atoms with Crippen molar-refractivity contribution in [3.05, 3.63) is 29.0 Å². The third kappa shape index (κ3) is 2.79. The number of rotatable bonds is 4. The average Bonchev–Trinajstić information content (AvgIpc) is 2.64. The van der Waals surface area contributed by atoms with E-state index in [0.29, 0.717) is 0 Å². The van der Waals surface area contributed by atoms with E-state index in [1.807, 2.05) is 25.1 Å². The monoisotopic (exact) mass is 285 g/mol. The van der Waals surface area contributed by atoms with Crippen molar-refractivity contribution in [2.75, 3.05) is 20.6 Å². The summed E-state index contributed by atoms with van der Waals surface area (Å²) >= 11 is 12.3. The van der Waals surface area contributed by atoms with Crippen molar-refractivity contribution in [2.24, 2.45) is 0 Å². The minimum absolute atomic E-state index is 0.113. The van der Waals surface area contributed by atoms with E-state index < -0.39 is 0 Å². The molecule has 0 N–H and O–H groups in total. The zero-order valence-corrected chi connectivity index (χ0v) is 12.3. The number of hydrogen-bond acceptors (Lipinski definition) is 2. The molecule has 0 aliphatic carbocycles. The van der Waals surface area contributed by atoms with Gasteiger partial charge in [0, 0.05) is 18.1 Å². The first kappa shape index (κ1) is 13.7. The van der Waals surface area contributed by atoms with Crippen molar-refractivity contribution < 1.29 is 0 Å². The van der Waals surface area contributed by atoms with Crippen LogP contribution in [0.3, 0.4) is 0 Å². The van der Waals surface area contributed by atoms with Gasteiger partial charge >= 0.3 is 0 Å². The smallest absolute Gasteiger partial charge is 0.127 e. The Labute approximate surface area is 117 Å². The Hall–Kier alpha value is -0.770. The van der Waals surface area contributed by atoms with Gasteiger partial charge in [0.05, 0.1) is 16.4 Å². The van der Waals surface area contributed by atoms with Crippen LogP contribution in [0.5, 0.6) is 0 Å². The Morgan fingerprint density at radius 3 is 2.72 bits per heavy atom. The molecule has 98 valence electrons. The topological polar surface area (TPSA) is 21.1 Å². The number of benzene rings is 1. The Bertz CT molecular complexity index is 546. The van der Waals surface area contributed by atoms with Crippen molar-refractivity contribution in [2.45, 2.75) is 18.8 Å². The van der Waals surface area contributed by atoms with E-state index in [-0.39, 0.29) is 5.38 Å². The van der Waals surface area contributed by atoms with Crippen molar-refractivity contribution in [1.29, 1.82) is 0 Å². The first-order chi connectivity index (χ1) is 8.49. The maximum absolute atomic E-state index is 6.20. The van der Waals surface area contributed by atoms with E-state index in [4.69, 9.17) is 23.2 Å². The van der Waals surface area contributed by atoms with E-state index in [9.17, 15) is 0 Å². The minimum atomic E-state index is -0.113. The van der Waals surface area contributed by atoms with Gasteiger partial charge in [0.15, 0.2) is 0 Å². The molecule has 3 nitrogen and oxygen atoms in total. The summed E-state index contributed by atoms with van der Waals surface area (Å²) in [5.74, 6) is 0.899. The SMILES string of the molecule is CC(Cl)c1nc2ccc(Cl)cc2n1CCN(C)C. The molecule has 5 heteroatoms. The van der Waals surface area contributed by atoms with Crippen LogP contribution in [-0.4, -0.2) is 35.1 Å². The van der Waals surface area contributed by atoms with Gasteiger partial charge in [-0.25, -0.2) is 4.98 Å². The van der Waals surface area contributed by atoms with Gasteiger partial charge in [0.1, 0.15) is 5.82 Å². The molecule has 1 aromatic heterocycles. The van der Waals surface area contributed by atoms with Gasteiger partial charge in [-0.15, -0.1) is 11.6 Å². The second-order valence-electron chi connectivity index (χ2n) is 4.67. The number of halogens is 2. The van der Waals surface area contributed by atoms with Crippen molar-refractivity contribution in [1.82, 2.24) is 14.5 Å². The second kappa shape index (κ2) is 5.47. The van der Waals surface area contributed by atoms with E-state index in [2.05, 4.69) is 28.5 Å². The number of fused-ring (bicyclic) bond motifs is 1. The second-order valence-corrected chi connectivity index (χ2v) is 5.77. The fourth-order valence-electron chi connectivity index (χ4n) is 1.95. The quantitative estimate of drug-likeness (QED) is 0.801. The van der Waals surface area contributed by atoms with Crippen molar-refractivity contribution >= 4 is 34.2 Å². The van der Waals surface area contributed by atoms with Crippen LogP contribution in [0.2, 0.25) is 5.02 Å². The van der Waals surface area contributed by atoms with Crippen LogP contribution in [0.25, 0.3) is 11.0 Å². The standard InChI is InChI=1S/C13H17Cl2N3/c1-9(14)13-16-11-5-4-10(15)8-12(11)18(13)7-6-17(2)3/h4-5,8-9H,6-7H2,1-3H3. The maximum Gasteiger partial charge on any atom is 0.127 e. The van der Waals surface area contributed by atoms with E-state index in [1.165, 1.54) is 0 Å². The Morgan fingerprint density at radius 1 is 1.39 bits per heavy atom. The molecular formula is C13H17Cl2N3. The first-order valence-corrected chi connectivity index (χ1v) is 6.75. The average molecular weight is 286 g/mol. The molecule has 0 saturated heterocycles. The fraction of sp³-hybridized carbons (Fsp3) is 0.462. The van der Waals surface area contributed by atoms with Crippen LogP contribution in [0.4, 0.5) is 0 Å². The molecule has 0 radical (unpaired) electrons. The molecule has 0 fully saturated rings. The lowest BCUT2D eigenvalue weighted by atomic mass is 10.3. The van der Waals surface area contributed by atoms with Crippen molar-refractivity contribution in [3.63, 3.8) is 0 Å². The minimum Gasteiger partial charge on any atom is -0.325 e. The van der Waals surface area contributed by atoms with Crippen LogP contribution in [-0.2, 0) is 6.54 Å². The molecule has 0 aliphatic rings. The molecule has 0 spiro atoms. The van der Waals surface area contributed by atoms with Crippen LogP contribution >= 0.6 is 23.2 Å². The summed E-state index contributed by atoms with van der Waals surface area (Å²) in [6, 6.07) is 5.74. The summed E-state index contributed by atoms with van der Waals surface area (Å²) in [5.41, 5.74) is 1.99. The third-order valence-corrected chi connectivity index (χ3v) is 3.30. The van der Waals surface area contributed by atoms with E-state index in [1.54, 1.807) is 0 Å². The molecule has 1 unspecified atom stereocenters. The van der Waals surface area contributed by atoms with Gasteiger partial charge in [-0.2, -0.15) is 0 Å². The summed E-state index contributed by atoms with van der Waals surface area (Å²) in [4.78, 5) is 6.72. The molecule has 2 aromatic rings. The van der Waals surface area contributed by atoms with Crippen LogP contribution < -0.4 is 0 Å². The molecule has 0 bridgehead atoms. The summed E-state index contributed by atoms with van der Waals surface area (Å²) < 4.78 is 2.15. The number of hydrogen-bond donors (Lipinski definition) is 0.